The predicted molar refractivity (Wildman–Crippen MR) is 110 cm³/mol. The summed E-state index contributed by atoms with van der Waals surface area (Å²) in [6.45, 7) is 7.55. The SMILES string of the molecule is Cc1ccc(C(=O)N2CC(C)CC(C)C2)cc1NC(=O)c1ccc(S(C)(=O)=O)o1. The van der Waals surface area contributed by atoms with Crippen LogP contribution < -0.4 is 5.32 Å². The molecule has 2 heterocycles. The van der Waals surface area contributed by atoms with Crippen LogP contribution in [0.15, 0.2) is 39.8 Å². The van der Waals surface area contributed by atoms with Crippen LogP contribution in [0.1, 0.15) is 46.7 Å². The third-order valence-electron chi connectivity index (χ3n) is 5.06. The molecule has 2 amide bonds. The molecule has 0 saturated carbocycles. The molecule has 1 N–H and O–H groups in total. The number of furan rings is 1. The number of piperidine rings is 1. The Morgan fingerprint density at radius 2 is 1.76 bits per heavy atom. The molecule has 8 heteroatoms. The Bertz CT molecular complexity index is 1030. The molecule has 0 bridgehead atoms. The number of carbonyl (C=O) groups is 2. The van der Waals surface area contributed by atoms with Crippen LogP contribution in [-0.2, 0) is 9.84 Å². The third kappa shape index (κ3) is 4.87. The lowest BCUT2D eigenvalue weighted by atomic mass is 9.91. The average molecular weight is 419 g/mol. The second kappa shape index (κ2) is 8.02. The minimum absolute atomic E-state index is 0.0590. The van der Waals surface area contributed by atoms with Gasteiger partial charge in [-0.1, -0.05) is 19.9 Å². The minimum Gasteiger partial charge on any atom is -0.440 e. The molecule has 2 atom stereocenters. The lowest BCUT2D eigenvalue weighted by molar-refractivity contribution is 0.0623. The fraction of sp³-hybridized carbons (Fsp3) is 0.429. The molecular weight excluding hydrogens is 392 g/mol. The lowest BCUT2D eigenvalue weighted by Crippen LogP contribution is -2.42. The van der Waals surface area contributed by atoms with Crippen molar-refractivity contribution in [2.24, 2.45) is 11.8 Å². The molecule has 3 rings (SSSR count). The van der Waals surface area contributed by atoms with E-state index in [0.29, 0.717) is 23.1 Å². The van der Waals surface area contributed by atoms with Crippen molar-refractivity contribution in [1.29, 1.82) is 0 Å². The molecule has 1 aromatic heterocycles. The second-order valence-electron chi connectivity index (χ2n) is 8.03. The van der Waals surface area contributed by atoms with Crippen LogP contribution in [0.2, 0.25) is 0 Å². The van der Waals surface area contributed by atoms with E-state index >= 15 is 0 Å². The number of nitrogens with zero attached hydrogens (tertiary/aromatic N) is 1. The fourth-order valence-corrected chi connectivity index (χ4v) is 4.28. The highest BCUT2D eigenvalue weighted by atomic mass is 32.2. The smallest absolute Gasteiger partial charge is 0.291 e. The topological polar surface area (TPSA) is 96.7 Å². The fourth-order valence-electron chi connectivity index (χ4n) is 3.73. The van der Waals surface area contributed by atoms with Gasteiger partial charge in [-0.05, 0) is 55.0 Å². The van der Waals surface area contributed by atoms with E-state index in [2.05, 4.69) is 19.2 Å². The quantitative estimate of drug-likeness (QED) is 0.821. The van der Waals surface area contributed by atoms with Gasteiger partial charge < -0.3 is 14.6 Å². The maximum Gasteiger partial charge on any atom is 0.291 e. The lowest BCUT2D eigenvalue weighted by Gasteiger charge is -2.35. The van der Waals surface area contributed by atoms with Crippen molar-refractivity contribution in [1.82, 2.24) is 4.90 Å². The summed E-state index contributed by atoms with van der Waals surface area (Å²) in [4.78, 5) is 27.3. The molecule has 1 aliphatic rings. The van der Waals surface area contributed by atoms with Gasteiger partial charge in [0.05, 0.1) is 0 Å². The summed E-state index contributed by atoms with van der Waals surface area (Å²) in [6.07, 6.45) is 2.12. The molecule has 1 saturated heterocycles. The van der Waals surface area contributed by atoms with E-state index in [1.807, 2.05) is 11.8 Å². The Kier molecular flexibility index (Phi) is 5.84. The van der Waals surface area contributed by atoms with Crippen LogP contribution in [0.3, 0.4) is 0 Å². The molecule has 156 valence electrons. The molecule has 7 nitrogen and oxygen atoms in total. The van der Waals surface area contributed by atoms with Gasteiger partial charge in [0.15, 0.2) is 5.76 Å². The molecule has 1 aliphatic heterocycles. The highest BCUT2D eigenvalue weighted by Crippen LogP contribution is 2.25. The van der Waals surface area contributed by atoms with Gasteiger partial charge in [0.25, 0.3) is 11.8 Å². The molecule has 0 aliphatic carbocycles. The van der Waals surface area contributed by atoms with Crippen molar-refractivity contribution < 1.29 is 22.4 Å². The number of nitrogens with one attached hydrogen (secondary N) is 1. The summed E-state index contributed by atoms with van der Waals surface area (Å²) < 4.78 is 28.2. The molecule has 0 radical (unpaired) electrons. The number of aryl methyl sites for hydroxylation is 1. The van der Waals surface area contributed by atoms with Crippen LogP contribution >= 0.6 is 0 Å². The first-order valence-electron chi connectivity index (χ1n) is 9.55. The third-order valence-corrected chi connectivity index (χ3v) is 6.01. The number of hydrogen-bond acceptors (Lipinski definition) is 5. The summed E-state index contributed by atoms with van der Waals surface area (Å²) in [5, 5.41) is 2.44. The van der Waals surface area contributed by atoms with E-state index in [1.165, 1.54) is 12.1 Å². The Balaban J connectivity index is 1.79. The number of hydrogen-bond donors (Lipinski definition) is 1. The number of benzene rings is 1. The van der Waals surface area contributed by atoms with Crippen molar-refractivity contribution in [2.75, 3.05) is 24.7 Å². The number of rotatable bonds is 4. The van der Waals surface area contributed by atoms with E-state index in [-0.39, 0.29) is 16.8 Å². The molecule has 0 spiro atoms. The maximum absolute atomic E-state index is 13.0. The summed E-state index contributed by atoms with van der Waals surface area (Å²) in [7, 11) is -3.53. The minimum atomic E-state index is -3.53. The van der Waals surface area contributed by atoms with Gasteiger partial charge in [-0.2, -0.15) is 0 Å². The number of likely N-dealkylation sites (tertiary alicyclic amines) is 1. The first-order chi connectivity index (χ1) is 13.5. The van der Waals surface area contributed by atoms with Gasteiger partial charge in [-0.25, -0.2) is 8.42 Å². The Morgan fingerprint density at radius 3 is 2.34 bits per heavy atom. The van der Waals surface area contributed by atoms with Gasteiger partial charge in [0.2, 0.25) is 14.9 Å². The summed E-state index contributed by atoms with van der Waals surface area (Å²) in [5.74, 6) is 0.162. The van der Waals surface area contributed by atoms with E-state index < -0.39 is 15.7 Å². The number of sulfone groups is 1. The molecular formula is C21H26N2O5S. The zero-order valence-corrected chi connectivity index (χ0v) is 17.9. The number of carbonyl (C=O) groups excluding carboxylic acids is 2. The van der Waals surface area contributed by atoms with E-state index in [4.69, 9.17) is 4.42 Å². The van der Waals surface area contributed by atoms with Gasteiger partial charge in [0.1, 0.15) is 0 Å². The maximum atomic E-state index is 13.0. The summed E-state index contributed by atoms with van der Waals surface area (Å²) in [6, 6.07) is 7.75. The van der Waals surface area contributed by atoms with Crippen LogP contribution in [0.5, 0.6) is 0 Å². The van der Waals surface area contributed by atoms with Crippen LogP contribution in [-0.4, -0.2) is 44.5 Å². The average Bonchev–Trinajstić information content (AvgIpc) is 3.13. The largest absolute Gasteiger partial charge is 0.440 e. The number of anilines is 1. The van der Waals surface area contributed by atoms with Crippen LogP contribution in [0.4, 0.5) is 5.69 Å². The Labute approximate surface area is 171 Å². The van der Waals surface area contributed by atoms with Crippen molar-refractivity contribution in [3.63, 3.8) is 0 Å². The normalized spacial score (nSPS) is 19.8. The van der Waals surface area contributed by atoms with E-state index in [0.717, 1.165) is 31.3 Å². The van der Waals surface area contributed by atoms with E-state index in [9.17, 15) is 18.0 Å². The van der Waals surface area contributed by atoms with Gasteiger partial charge >= 0.3 is 0 Å². The Morgan fingerprint density at radius 1 is 1.10 bits per heavy atom. The van der Waals surface area contributed by atoms with Crippen LogP contribution in [0.25, 0.3) is 0 Å². The molecule has 1 fully saturated rings. The van der Waals surface area contributed by atoms with E-state index in [1.54, 1.807) is 18.2 Å². The molecule has 2 aromatic rings. The summed E-state index contributed by atoms with van der Waals surface area (Å²) >= 11 is 0. The zero-order valence-electron chi connectivity index (χ0n) is 17.1. The van der Waals surface area contributed by atoms with Gasteiger partial charge in [-0.15, -0.1) is 0 Å². The standard InChI is InChI=1S/C21H26N2O5S/c1-13-9-14(2)12-23(11-13)21(25)16-6-5-15(3)17(10-16)22-20(24)18-7-8-19(28-18)29(4,26)27/h5-8,10,13-14H,9,11-12H2,1-4H3,(H,22,24). The molecule has 1 aromatic carbocycles. The summed E-state index contributed by atoms with van der Waals surface area (Å²) in [5.41, 5.74) is 1.77. The monoisotopic (exact) mass is 418 g/mol. The first-order valence-corrected chi connectivity index (χ1v) is 11.4. The predicted octanol–water partition coefficient (Wildman–Crippen LogP) is 3.36. The second-order valence-corrected chi connectivity index (χ2v) is 9.98. The van der Waals surface area contributed by atoms with Crippen molar-refractivity contribution in [3.8, 4) is 0 Å². The molecule has 29 heavy (non-hydrogen) atoms. The number of amides is 2. The van der Waals surface area contributed by atoms with Gasteiger partial charge in [0, 0.05) is 30.6 Å². The Hall–Kier alpha value is -2.61. The van der Waals surface area contributed by atoms with Crippen molar-refractivity contribution in [3.05, 3.63) is 47.2 Å². The highest BCUT2D eigenvalue weighted by molar-refractivity contribution is 7.90. The van der Waals surface area contributed by atoms with Crippen molar-refractivity contribution >= 4 is 27.3 Å². The van der Waals surface area contributed by atoms with Crippen LogP contribution in [0, 0.1) is 18.8 Å². The van der Waals surface area contributed by atoms with Crippen molar-refractivity contribution in [2.45, 2.75) is 32.3 Å². The zero-order chi connectivity index (χ0) is 21.3. The highest BCUT2D eigenvalue weighted by Gasteiger charge is 2.26. The van der Waals surface area contributed by atoms with Gasteiger partial charge in [-0.3, -0.25) is 9.59 Å². The molecule has 2 unspecified atom stereocenters. The first kappa shape index (κ1) is 21.1.